The summed E-state index contributed by atoms with van der Waals surface area (Å²) in [7, 11) is 1.70. The fourth-order valence-corrected chi connectivity index (χ4v) is 0.775. The Hall–Kier alpha value is -0.235. The van der Waals surface area contributed by atoms with Crippen molar-refractivity contribution in [1.29, 1.82) is 0 Å². The van der Waals surface area contributed by atoms with Crippen LogP contribution in [-0.2, 0) is 0 Å². The second-order valence-corrected chi connectivity index (χ2v) is 2.65. The molecule has 0 unspecified atom stereocenters. The Morgan fingerprint density at radius 3 is 2.50 bits per heavy atom. The molecule has 0 spiro atoms. The average molecular weight is 138 g/mol. The van der Waals surface area contributed by atoms with Crippen molar-refractivity contribution < 1.29 is 0 Å². The monoisotopic (exact) mass is 138 g/mol. The zero-order valence-electron chi connectivity index (χ0n) is 7.22. The van der Waals surface area contributed by atoms with E-state index in [-0.39, 0.29) is 0 Å². The van der Waals surface area contributed by atoms with E-state index in [1.165, 1.54) is 11.9 Å². The first-order valence-electron chi connectivity index (χ1n) is 4.00. The van der Waals surface area contributed by atoms with E-state index in [4.69, 9.17) is 5.64 Å². The number of nitrogens with two attached hydrogens (primary N) is 1. The minimum atomic E-state index is 0.662. The van der Waals surface area contributed by atoms with E-state index in [2.05, 4.69) is 26.8 Å². The van der Waals surface area contributed by atoms with Crippen LogP contribution in [0.15, 0.2) is 11.5 Å². The molecule has 2 heteroatoms. The van der Waals surface area contributed by atoms with Gasteiger partial charge in [0.15, 0.2) is 0 Å². The smallest absolute Gasteiger partial charge is 0.236 e. The van der Waals surface area contributed by atoms with Crippen LogP contribution in [0.5, 0.6) is 0 Å². The summed E-state index contributed by atoms with van der Waals surface area (Å²) in [6, 6.07) is 0. The quantitative estimate of drug-likeness (QED) is 0.590. The van der Waals surface area contributed by atoms with Crippen molar-refractivity contribution >= 4 is 7.41 Å². The molecule has 0 amide bonds. The standard InChI is InChI=1S/C8H17BN/c1-4-7(3)6-8(5-2)9-10/h6-7H,4-5,10H2,1-3H3/b8-6-/t7-/m1/s1. The summed E-state index contributed by atoms with van der Waals surface area (Å²) >= 11 is 0. The van der Waals surface area contributed by atoms with Crippen molar-refractivity contribution in [3.05, 3.63) is 11.5 Å². The number of hydrogen-bond acceptors (Lipinski definition) is 1. The van der Waals surface area contributed by atoms with Crippen LogP contribution in [-0.4, -0.2) is 7.41 Å². The third-order valence-corrected chi connectivity index (χ3v) is 1.76. The van der Waals surface area contributed by atoms with Crippen LogP contribution in [0.2, 0.25) is 0 Å². The topological polar surface area (TPSA) is 26.0 Å². The zero-order chi connectivity index (χ0) is 7.98. The van der Waals surface area contributed by atoms with Crippen LogP contribution >= 0.6 is 0 Å². The van der Waals surface area contributed by atoms with Gasteiger partial charge in [0.05, 0.1) is 0 Å². The van der Waals surface area contributed by atoms with E-state index in [9.17, 15) is 0 Å². The molecule has 0 saturated carbocycles. The molecule has 2 N–H and O–H groups in total. The van der Waals surface area contributed by atoms with Gasteiger partial charge in [-0.25, -0.2) is 0 Å². The fourth-order valence-electron chi connectivity index (χ4n) is 0.775. The highest BCUT2D eigenvalue weighted by Gasteiger charge is 1.96. The molecule has 0 aromatic carbocycles. The Labute approximate surface area is 65.0 Å². The average Bonchev–Trinajstić information content (AvgIpc) is 1.99. The van der Waals surface area contributed by atoms with E-state index in [0.717, 1.165) is 6.42 Å². The second-order valence-electron chi connectivity index (χ2n) is 2.65. The molecule has 0 heterocycles. The van der Waals surface area contributed by atoms with Gasteiger partial charge in [-0.1, -0.05) is 38.7 Å². The summed E-state index contributed by atoms with van der Waals surface area (Å²) in [4.78, 5) is 0. The van der Waals surface area contributed by atoms with Gasteiger partial charge in [-0.3, -0.25) is 0 Å². The van der Waals surface area contributed by atoms with Gasteiger partial charge in [-0.15, -0.1) is 0 Å². The molecule has 0 aliphatic heterocycles. The van der Waals surface area contributed by atoms with Crippen molar-refractivity contribution in [1.82, 2.24) is 0 Å². The van der Waals surface area contributed by atoms with Gasteiger partial charge in [0.2, 0.25) is 7.41 Å². The Bertz CT molecular complexity index is 104. The van der Waals surface area contributed by atoms with Crippen LogP contribution in [0, 0.1) is 5.92 Å². The summed E-state index contributed by atoms with van der Waals surface area (Å²) < 4.78 is 0. The van der Waals surface area contributed by atoms with Crippen LogP contribution in [0.25, 0.3) is 0 Å². The lowest BCUT2D eigenvalue weighted by atomic mass is 9.80. The molecule has 10 heavy (non-hydrogen) atoms. The van der Waals surface area contributed by atoms with E-state index >= 15 is 0 Å². The zero-order valence-corrected chi connectivity index (χ0v) is 7.22. The maximum absolute atomic E-state index is 5.39. The van der Waals surface area contributed by atoms with E-state index in [1.807, 2.05) is 0 Å². The van der Waals surface area contributed by atoms with Crippen molar-refractivity contribution in [3.8, 4) is 0 Å². The highest BCUT2D eigenvalue weighted by atomic mass is 14.4. The maximum Gasteiger partial charge on any atom is 0.236 e. The number of hydrogen-bond donors (Lipinski definition) is 1. The van der Waals surface area contributed by atoms with Crippen molar-refractivity contribution in [3.63, 3.8) is 0 Å². The van der Waals surface area contributed by atoms with Crippen LogP contribution < -0.4 is 5.64 Å². The van der Waals surface area contributed by atoms with Crippen LogP contribution in [0.4, 0.5) is 0 Å². The lowest BCUT2D eigenvalue weighted by Crippen LogP contribution is -2.09. The predicted molar refractivity (Wildman–Crippen MR) is 47.8 cm³/mol. The minimum Gasteiger partial charge on any atom is -0.370 e. The molecular weight excluding hydrogens is 121 g/mol. The summed E-state index contributed by atoms with van der Waals surface area (Å²) in [5.41, 5.74) is 6.65. The third-order valence-electron chi connectivity index (χ3n) is 1.76. The molecule has 0 aromatic rings. The Balaban J connectivity index is 3.83. The summed E-state index contributed by atoms with van der Waals surface area (Å²) in [5.74, 6) is 0.662. The molecule has 0 fully saturated rings. The maximum atomic E-state index is 5.39. The molecule has 0 rings (SSSR count). The number of rotatable bonds is 4. The van der Waals surface area contributed by atoms with Gasteiger partial charge in [-0.05, 0) is 12.3 Å². The van der Waals surface area contributed by atoms with E-state index in [0.29, 0.717) is 5.92 Å². The molecule has 0 aliphatic carbocycles. The molecule has 1 atom stereocenters. The second kappa shape index (κ2) is 5.54. The summed E-state index contributed by atoms with van der Waals surface area (Å²) in [6.07, 6.45) is 4.47. The minimum absolute atomic E-state index is 0.662. The first-order chi connectivity index (χ1) is 4.74. The predicted octanol–water partition coefficient (Wildman–Crippen LogP) is 1.90. The number of allylic oxidation sites excluding steroid dienone is 2. The molecule has 0 aliphatic rings. The summed E-state index contributed by atoms with van der Waals surface area (Å²) in [5, 5.41) is 0. The van der Waals surface area contributed by atoms with Gasteiger partial charge in [0.25, 0.3) is 0 Å². The van der Waals surface area contributed by atoms with Crippen LogP contribution in [0.3, 0.4) is 0 Å². The molecule has 1 radical (unpaired) electrons. The fraction of sp³-hybridized carbons (Fsp3) is 0.750. The van der Waals surface area contributed by atoms with Gasteiger partial charge in [-0.2, -0.15) is 0 Å². The lowest BCUT2D eigenvalue weighted by Gasteiger charge is -2.04. The first-order valence-corrected chi connectivity index (χ1v) is 4.00. The highest BCUT2D eigenvalue weighted by molar-refractivity contribution is 6.41. The lowest BCUT2D eigenvalue weighted by molar-refractivity contribution is 0.693. The van der Waals surface area contributed by atoms with E-state index < -0.39 is 0 Å². The van der Waals surface area contributed by atoms with Crippen molar-refractivity contribution in [2.75, 3.05) is 0 Å². The normalized spacial score (nSPS) is 15.0. The Morgan fingerprint density at radius 1 is 1.60 bits per heavy atom. The molecule has 0 aromatic heterocycles. The Morgan fingerprint density at radius 2 is 2.20 bits per heavy atom. The molecule has 57 valence electrons. The third kappa shape index (κ3) is 3.73. The van der Waals surface area contributed by atoms with Crippen LogP contribution in [0.1, 0.15) is 33.6 Å². The molecule has 0 bridgehead atoms. The molecular formula is C8H17BN. The molecule has 0 saturated heterocycles. The highest BCUT2D eigenvalue weighted by Crippen LogP contribution is 2.07. The van der Waals surface area contributed by atoms with Gasteiger partial charge in [0.1, 0.15) is 0 Å². The first kappa shape index (κ1) is 9.76. The Kier molecular flexibility index (Phi) is 5.41. The van der Waals surface area contributed by atoms with Gasteiger partial charge < -0.3 is 5.64 Å². The SMILES string of the molecule is CC/C([B]N)=C/[C@H](C)CC. The van der Waals surface area contributed by atoms with Crippen molar-refractivity contribution in [2.45, 2.75) is 33.6 Å². The van der Waals surface area contributed by atoms with Gasteiger partial charge in [0, 0.05) is 0 Å². The molecule has 1 nitrogen and oxygen atoms in total. The largest absolute Gasteiger partial charge is 0.370 e. The van der Waals surface area contributed by atoms with Crippen molar-refractivity contribution in [2.24, 2.45) is 11.6 Å². The van der Waals surface area contributed by atoms with E-state index in [1.54, 1.807) is 7.41 Å². The summed E-state index contributed by atoms with van der Waals surface area (Å²) in [6.45, 7) is 6.52. The van der Waals surface area contributed by atoms with Gasteiger partial charge >= 0.3 is 0 Å².